The van der Waals surface area contributed by atoms with Crippen LogP contribution in [0, 0.1) is 20.8 Å². The molecule has 2 N–H and O–H groups in total. The summed E-state index contributed by atoms with van der Waals surface area (Å²) in [5, 5.41) is 4.36. The number of rotatable bonds is 1. The van der Waals surface area contributed by atoms with Gasteiger partial charge in [0.2, 0.25) is 0 Å². The van der Waals surface area contributed by atoms with Crippen LogP contribution in [0.15, 0.2) is 12.4 Å². The summed E-state index contributed by atoms with van der Waals surface area (Å²) in [6, 6.07) is 0. The van der Waals surface area contributed by atoms with Crippen LogP contribution in [0.5, 0.6) is 0 Å². The number of aryl methyl sites for hydroxylation is 1. The summed E-state index contributed by atoms with van der Waals surface area (Å²) in [6.07, 6.45) is 3.16. The number of hydrogen-bond acceptors (Lipinski definition) is 4. The molecule has 2 aromatic heterocycles. The van der Waals surface area contributed by atoms with E-state index in [4.69, 9.17) is 5.73 Å². The molecule has 0 amide bonds. The molecule has 15 heavy (non-hydrogen) atoms. The molecule has 78 valence electrons. The molecular weight excluding hydrogens is 190 g/mol. The van der Waals surface area contributed by atoms with Crippen LogP contribution in [0.25, 0.3) is 5.95 Å². The second-order valence-electron chi connectivity index (χ2n) is 3.52. The Balaban J connectivity index is 2.54. The zero-order valence-electron chi connectivity index (χ0n) is 9.02. The summed E-state index contributed by atoms with van der Waals surface area (Å²) in [5.41, 5.74) is 9.28. The third-order valence-electron chi connectivity index (χ3n) is 2.50. The lowest BCUT2D eigenvalue weighted by molar-refractivity contribution is 0.774. The first-order valence-electron chi connectivity index (χ1n) is 4.70. The first kappa shape index (κ1) is 9.64. The molecule has 2 rings (SSSR count). The molecule has 5 heteroatoms. The van der Waals surface area contributed by atoms with Crippen molar-refractivity contribution in [3.8, 4) is 5.95 Å². The summed E-state index contributed by atoms with van der Waals surface area (Å²) in [7, 11) is 0. The van der Waals surface area contributed by atoms with Crippen molar-refractivity contribution in [2.75, 3.05) is 5.73 Å². The average molecular weight is 203 g/mol. The number of nitrogens with zero attached hydrogens (tertiary/aromatic N) is 4. The monoisotopic (exact) mass is 203 g/mol. The van der Waals surface area contributed by atoms with Crippen molar-refractivity contribution in [3.05, 3.63) is 29.3 Å². The quantitative estimate of drug-likeness (QED) is 0.755. The standard InChI is InChI=1S/C10H13N5/c1-6-7(2)14-15(8(6)3)10-12-4-9(11)5-13-10/h4-5H,11H2,1-3H3. The molecule has 2 heterocycles. The van der Waals surface area contributed by atoms with E-state index >= 15 is 0 Å². The maximum atomic E-state index is 5.52. The van der Waals surface area contributed by atoms with E-state index in [0.717, 1.165) is 17.0 Å². The molecule has 5 nitrogen and oxygen atoms in total. The van der Waals surface area contributed by atoms with Crippen molar-refractivity contribution in [3.63, 3.8) is 0 Å². The van der Waals surface area contributed by atoms with Crippen molar-refractivity contribution in [2.24, 2.45) is 0 Å². The van der Waals surface area contributed by atoms with E-state index in [1.54, 1.807) is 17.1 Å². The molecule has 0 aliphatic carbocycles. The Labute approximate surface area is 88.0 Å². The number of hydrogen-bond donors (Lipinski definition) is 1. The topological polar surface area (TPSA) is 69.6 Å². The number of aromatic nitrogens is 4. The van der Waals surface area contributed by atoms with E-state index in [9.17, 15) is 0 Å². The Morgan fingerprint density at radius 3 is 2.20 bits per heavy atom. The van der Waals surface area contributed by atoms with Gasteiger partial charge < -0.3 is 5.73 Å². The van der Waals surface area contributed by atoms with E-state index in [2.05, 4.69) is 15.1 Å². The lowest BCUT2D eigenvalue weighted by atomic mass is 10.2. The zero-order chi connectivity index (χ0) is 11.0. The van der Waals surface area contributed by atoms with E-state index in [0.29, 0.717) is 11.6 Å². The first-order valence-corrected chi connectivity index (χ1v) is 4.70. The Hall–Kier alpha value is -1.91. The SMILES string of the molecule is Cc1nn(-c2ncc(N)cn2)c(C)c1C. The summed E-state index contributed by atoms with van der Waals surface area (Å²) in [4.78, 5) is 8.26. The van der Waals surface area contributed by atoms with Crippen LogP contribution in [0.2, 0.25) is 0 Å². The minimum atomic E-state index is 0.553. The van der Waals surface area contributed by atoms with Gasteiger partial charge in [0.25, 0.3) is 5.95 Å². The average Bonchev–Trinajstić information content (AvgIpc) is 2.47. The number of anilines is 1. The van der Waals surface area contributed by atoms with Gasteiger partial charge in [-0.15, -0.1) is 0 Å². The van der Waals surface area contributed by atoms with E-state index in [1.807, 2.05) is 20.8 Å². The van der Waals surface area contributed by atoms with Crippen LogP contribution in [-0.4, -0.2) is 19.7 Å². The number of nitrogens with two attached hydrogens (primary N) is 1. The molecule has 0 aliphatic rings. The summed E-state index contributed by atoms with van der Waals surface area (Å²) < 4.78 is 1.73. The van der Waals surface area contributed by atoms with Gasteiger partial charge in [-0.2, -0.15) is 5.10 Å². The van der Waals surface area contributed by atoms with Crippen LogP contribution < -0.4 is 5.73 Å². The van der Waals surface area contributed by atoms with Gasteiger partial charge in [-0.25, -0.2) is 14.6 Å². The van der Waals surface area contributed by atoms with E-state index in [1.165, 1.54) is 0 Å². The molecule has 0 saturated heterocycles. The first-order chi connectivity index (χ1) is 7.09. The van der Waals surface area contributed by atoms with E-state index in [-0.39, 0.29) is 0 Å². The van der Waals surface area contributed by atoms with Gasteiger partial charge in [0, 0.05) is 5.69 Å². The van der Waals surface area contributed by atoms with Gasteiger partial charge in [-0.05, 0) is 26.3 Å². The molecule has 0 saturated carbocycles. The zero-order valence-corrected chi connectivity index (χ0v) is 9.02. The third-order valence-corrected chi connectivity index (χ3v) is 2.50. The van der Waals surface area contributed by atoms with Gasteiger partial charge in [0.05, 0.1) is 23.8 Å². The van der Waals surface area contributed by atoms with Crippen molar-refractivity contribution in [1.29, 1.82) is 0 Å². The fraction of sp³-hybridized carbons (Fsp3) is 0.300. The molecule has 0 aromatic carbocycles. The normalized spacial score (nSPS) is 10.6. The fourth-order valence-electron chi connectivity index (χ4n) is 1.36. The van der Waals surface area contributed by atoms with Crippen LogP contribution in [0.3, 0.4) is 0 Å². The maximum Gasteiger partial charge on any atom is 0.250 e. The molecule has 2 aromatic rings. The minimum Gasteiger partial charge on any atom is -0.396 e. The predicted octanol–water partition coefficient (Wildman–Crippen LogP) is 1.17. The summed E-state index contributed by atoms with van der Waals surface area (Å²) in [5.74, 6) is 0.554. The van der Waals surface area contributed by atoms with Gasteiger partial charge in [0.15, 0.2) is 0 Å². The lowest BCUT2D eigenvalue weighted by Gasteiger charge is -2.01. The highest BCUT2D eigenvalue weighted by molar-refractivity contribution is 5.34. The van der Waals surface area contributed by atoms with Gasteiger partial charge in [0.1, 0.15) is 0 Å². The molecule has 0 spiro atoms. The highest BCUT2D eigenvalue weighted by Gasteiger charge is 2.10. The van der Waals surface area contributed by atoms with Crippen LogP contribution in [0.4, 0.5) is 5.69 Å². The Kier molecular flexibility index (Phi) is 2.15. The third kappa shape index (κ3) is 1.56. The van der Waals surface area contributed by atoms with Crippen molar-refractivity contribution in [2.45, 2.75) is 20.8 Å². The second-order valence-corrected chi connectivity index (χ2v) is 3.52. The largest absolute Gasteiger partial charge is 0.396 e. The minimum absolute atomic E-state index is 0.553. The van der Waals surface area contributed by atoms with Gasteiger partial charge >= 0.3 is 0 Å². The Morgan fingerprint density at radius 2 is 1.73 bits per heavy atom. The maximum absolute atomic E-state index is 5.52. The molecule has 0 bridgehead atoms. The van der Waals surface area contributed by atoms with Crippen LogP contribution in [0.1, 0.15) is 17.0 Å². The van der Waals surface area contributed by atoms with Crippen molar-refractivity contribution >= 4 is 5.69 Å². The molecular formula is C10H13N5. The highest BCUT2D eigenvalue weighted by atomic mass is 15.4. The van der Waals surface area contributed by atoms with Crippen LogP contribution >= 0.6 is 0 Å². The molecule has 0 radical (unpaired) electrons. The van der Waals surface area contributed by atoms with Crippen molar-refractivity contribution < 1.29 is 0 Å². The van der Waals surface area contributed by atoms with Crippen LogP contribution in [-0.2, 0) is 0 Å². The smallest absolute Gasteiger partial charge is 0.250 e. The van der Waals surface area contributed by atoms with Gasteiger partial charge in [-0.1, -0.05) is 0 Å². The molecule has 0 aliphatic heterocycles. The van der Waals surface area contributed by atoms with E-state index < -0.39 is 0 Å². The summed E-state index contributed by atoms with van der Waals surface area (Å²) in [6.45, 7) is 6.00. The number of nitrogen functional groups attached to an aromatic ring is 1. The highest BCUT2D eigenvalue weighted by Crippen LogP contribution is 2.13. The molecule has 0 fully saturated rings. The lowest BCUT2D eigenvalue weighted by Crippen LogP contribution is -2.05. The Bertz CT molecular complexity index is 483. The van der Waals surface area contributed by atoms with Crippen molar-refractivity contribution in [1.82, 2.24) is 19.7 Å². The molecule has 0 unspecified atom stereocenters. The molecule has 0 atom stereocenters. The summed E-state index contributed by atoms with van der Waals surface area (Å²) >= 11 is 0. The Morgan fingerprint density at radius 1 is 1.13 bits per heavy atom. The second kappa shape index (κ2) is 3.34. The fourth-order valence-corrected chi connectivity index (χ4v) is 1.36. The van der Waals surface area contributed by atoms with Gasteiger partial charge in [-0.3, -0.25) is 0 Å². The predicted molar refractivity (Wildman–Crippen MR) is 57.8 cm³/mol.